The number of halogens is 1. The van der Waals surface area contributed by atoms with E-state index in [0.29, 0.717) is 0 Å². The van der Waals surface area contributed by atoms with Crippen molar-refractivity contribution >= 4 is 33.0 Å². The van der Waals surface area contributed by atoms with E-state index in [0.717, 1.165) is 28.8 Å². The third-order valence-corrected chi connectivity index (χ3v) is 4.55. The van der Waals surface area contributed by atoms with Gasteiger partial charge in [-0.1, -0.05) is 22.0 Å². The molecule has 17 heavy (non-hydrogen) atoms. The number of nitrogens with one attached hydrogen (secondary N) is 1. The van der Waals surface area contributed by atoms with Gasteiger partial charge in [-0.3, -0.25) is 0 Å². The largest absolute Gasteiger partial charge is 0.385 e. The van der Waals surface area contributed by atoms with Crippen LogP contribution in [0, 0.1) is 13.8 Å². The molecule has 0 amide bonds. The second-order valence-corrected chi connectivity index (χ2v) is 5.80. The summed E-state index contributed by atoms with van der Waals surface area (Å²) in [6.45, 7) is 5.10. The van der Waals surface area contributed by atoms with Gasteiger partial charge in [0.1, 0.15) is 0 Å². The summed E-state index contributed by atoms with van der Waals surface area (Å²) < 4.78 is 1.15. The van der Waals surface area contributed by atoms with Crippen LogP contribution in [0.15, 0.2) is 28.2 Å². The quantitative estimate of drug-likeness (QED) is 0.916. The van der Waals surface area contributed by atoms with Gasteiger partial charge in [0.25, 0.3) is 0 Å². The number of hydrogen-bond donors (Lipinski definition) is 1. The zero-order valence-corrected chi connectivity index (χ0v) is 12.4. The van der Waals surface area contributed by atoms with Gasteiger partial charge in [-0.05, 0) is 31.5 Å². The Hall–Kier alpha value is -0.870. The molecule has 0 atom stereocenters. The van der Waals surface area contributed by atoms with Crippen molar-refractivity contribution in [1.82, 2.24) is 4.98 Å². The molecule has 0 aliphatic heterocycles. The van der Waals surface area contributed by atoms with Gasteiger partial charge in [0.05, 0.1) is 11.2 Å². The summed E-state index contributed by atoms with van der Waals surface area (Å²) in [5.74, 6) is 0. The molecule has 0 radical (unpaired) electrons. The molecule has 1 aromatic carbocycles. The lowest BCUT2D eigenvalue weighted by atomic mass is 10.2. The first-order valence-electron chi connectivity index (χ1n) is 5.56. The van der Waals surface area contributed by atoms with Crippen molar-refractivity contribution in [2.75, 3.05) is 11.9 Å². The van der Waals surface area contributed by atoms with Crippen LogP contribution in [0.5, 0.6) is 0 Å². The van der Waals surface area contributed by atoms with Gasteiger partial charge in [-0.25, -0.2) is 4.98 Å². The van der Waals surface area contributed by atoms with Crippen LogP contribution in [0.4, 0.5) is 5.69 Å². The predicted octanol–water partition coefficient (Wildman–Crippen LogP) is 4.18. The van der Waals surface area contributed by atoms with E-state index in [4.69, 9.17) is 0 Å². The lowest BCUT2D eigenvalue weighted by molar-refractivity contribution is 1.02. The molecule has 2 rings (SSSR count). The first-order valence-corrected chi connectivity index (χ1v) is 7.23. The van der Waals surface area contributed by atoms with E-state index in [9.17, 15) is 0 Å². The molecule has 0 saturated heterocycles. The lowest BCUT2D eigenvalue weighted by Crippen LogP contribution is -2.04. The van der Waals surface area contributed by atoms with E-state index in [1.54, 1.807) is 11.3 Å². The summed E-state index contributed by atoms with van der Waals surface area (Å²) in [5, 5.41) is 3.43. The molecule has 0 spiro atoms. The molecule has 0 saturated carbocycles. The monoisotopic (exact) mass is 310 g/mol. The van der Waals surface area contributed by atoms with Gasteiger partial charge in [-0.2, -0.15) is 0 Å². The number of hydrogen-bond acceptors (Lipinski definition) is 3. The maximum atomic E-state index is 4.25. The Morgan fingerprint density at radius 1 is 1.35 bits per heavy atom. The van der Waals surface area contributed by atoms with E-state index in [-0.39, 0.29) is 0 Å². The first kappa shape index (κ1) is 12.6. The molecule has 1 heterocycles. The fraction of sp³-hybridized carbons (Fsp3) is 0.308. The minimum Gasteiger partial charge on any atom is -0.385 e. The Labute approximate surface area is 114 Å². The van der Waals surface area contributed by atoms with E-state index >= 15 is 0 Å². The molecule has 2 aromatic rings. The summed E-state index contributed by atoms with van der Waals surface area (Å²) in [4.78, 5) is 5.62. The molecule has 0 fully saturated rings. The summed E-state index contributed by atoms with van der Waals surface area (Å²) in [7, 11) is 0. The minimum absolute atomic E-state index is 0.943. The fourth-order valence-corrected chi connectivity index (χ4v) is 2.75. The predicted molar refractivity (Wildman–Crippen MR) is 77.9 cm³/mol. The fourth-order valence-electron chi connectivity index (χ4n) is 1.59. The lowest BCUT2D eigenvalue weighted by Gasteiger charge is -2.07. The normalized spacial score (nSPS) is 10.5. The highest BCUT2D eigenvalue weighted by Gasteiger charge is 2.01. The van der Waals surface area contributed by atoms with Crippen LogP contribution in [-0.2, 0) is 6.42 Å². The molecular weight excluding hydrogens is 296 g/mol. The second-order valence-electron chi connectivity index (χ2n) is 4.00. The second kappa shape index (κ2) is 5.65. The highest BCUT2D eigenvalue weighted by atomic mass is 79.9. The van der Waals surface area contributed by atoms with E-state index < -0.39 is 0 Å². The standard InChI is InChI=1S/C13H15BrN2S/c1-9-3-4-11(7-12(9)14)15-6-5-13-10(2)16-8-17-13/h3-4,7-8,15H,5-6H2,1-2H3. The Morgan fingerprint density at radius 3 is 2.82 bits per heavy atom. The van der Waals surface area contributed by atoms with Gasteiger partial charge >= 0.3 is 0 Å². The summed E-state index contributed by atoms with van der Waals surface area (Å²) in [5.41, 5.74) is 5.48. The Bertz CT molecular complexity index is 508. The van der Waals surface area contributed by atoms with Crippen LogP contribution in [0.25, 0.3) is 0 Å². The van der Waals surface area contributed by atoms with Gasteiger partial charge in [-0.15, -0.1) is 11.3 Å². The third-order valence-electron chi connectivity index (χ3n) is 2.70. The zero-order valence-electron chi connectivity index (χ0n) is 9.96. The van der Waals surface area contributed by atoms with Gasteiger partial charge in [0.2, 0.25) is 0 Å². The van der Waals surface area contributed by atoms with Crippen molar-refractivity contribution in [1.29, 1.82) is 0 Å². The van der Waals surface area contributed by atoms with Gasteiger partial charge < -0.3 is 5.32 Å². The minimum atomic E-state index is 0.943. The third kappa shape index (κ3) is 3.30. The highest BCUT2D eigenvalue weighted by molar-refractivity contribution is 9.10. The Morgan fingerprint density at radius 2 is 2.18 bits per heavy atom. The number of rotatable bonds is 4. The molecule has 1 N–H and O–H groups in total. The number of aromatic nitrogens is 1. The number of thiazole rings is 1. The topological polar surface area (TPSA) is 24.9 Å². The van der Waals surface area contributed by atoms with Crippen LogP contribution >= 0.6 is 27.3 Å². The summed E-state index contributed by atoms with van der Waals surface area (Å²) in [6.07, 6.45) is 1.03. The van der Waals surface area contributed by atoms with Crippen molar-refractivity contribution in [3.63, 3.8) is 0 Å². The number of nitrogens with zero attached hydrogens (tertiary/aromatic N) is 1. The molecule has 2 nitrogen and oxygen atoms in total. The number of benzene rings is 1. The van der Waals surface area contributed by atoms with E-state index in [1.807, 2.05) is 5.51 Å². The molecule has 90 valence electrons. The van der Waals surface area contributed by atoms with E-state index in [2.05, 4.69) is 58.3 Å². The van der Waals surface area contributed by atoms with Gasteiger partial charge in [0.15, 0.2) is 0 Å². The van der Waals surface area contributed by atoms with Crippen LogP contribution in [0.1, 0.15) is 16.1 Å². The first-order chi connectivity index (χ1) is 8.16. The smallest absolute Gasteiger partial charge is 0.0797 e. The van der Waals surface area contributed by atoms with Crippen molar-refractivity contribution in [2.24, 2.45) is 0 Å². The van der Waals surface area contributed by atoms with Gasteiger partial charge in [0, 0.05) is 28.0 Å². The van der Waals surface area contributed by atoms with Crippen LogP contribution in [0.3, 0.4) is 0 Å². The molecule has 4 heteroatoms. The molecule has 1 aromatic heterocycles. The van der Waals surface area contributed by atoms with Crippen molar-refractivity contribution in [2.45, 2.75) is 20.3 Å². The maximum Gasteiger partial charge on any atom is 0.0797 e. The zero-order chi connectivity index (χ0) is 12.3. The van der Waals surface area contributed by atoms with Crippen molar-refractivity contribution < 1.29 is 0 Å². The molecule has 0 aliphatic rings. The molecule has 0 aliphatic carbocycles. The highest BCUT2D eigenvalue weighted by Crippen LogP contribution is 2.21. The average molecular weight is 311 g/mol. The SMILES string of the molecule is Cc1ccc(NCCc2scnc2C)cc1Br. The molecule has 0 bridgehead atoms. The van der Waals surface area contributed by atoms with Crippen LogP contribution in [0.2, 0.25) is 0 Å². The molecular formula is C13H15BrN2S. The average Bonchev–Trinajstić information content (AvgIpc) is 2.70. The van der Waals surface area contributed by atoms with Crippen molar-refractivity contribution in [3.05, 3.63) is 44.3 Å². The summed E-state index contributed by atoms with van der Waals surface area (Å²) in [6, 6.07) is 6.35. The summed E-state index contributed by atoms with van der Waals surface area (Å²) >= 11 is 5.27. The maximum absolute atomic E-state index is 4.25. The Balaban J connectivity index is 1.90. The van der Waals surface area contributed by atoms with E-state index in [1.165, 1.54) is 10.4 Å². The van der Waals surface area contributed by atoms with Crippen LogP contribution in [-0.4, -0.2) is 11.5 Å². The molecule has 0 unspecified atom stereocenters. The number of aryl methyl sites for hydroxylation is 2. The Kier molecular flexibility index (Phi) is 4.18. The number of anilines is 1. The van der Waals surface area contributed by atoms with Crippen LogP contribution < -0.4 is 5.32 Å². The van der Waals surface area contributed by atoms with Crippen molar-refractivity contribution in [3.8, 4) is 0 Å².